The van der Waals surface area contributed by atoms with Crippen molar-refractivity contribution in [1.82, 2.24) is 15.3 Å². The van der Waals surface area contributed by atoms with Gasteiger partial charge < -0.3 is 10.6 Å². The van der Waals surface area contributed by atoms with Crippen LogP contribution in [0.25, 0.3) is 0 Å². The van der Waals surface area contributed by atoms with Crippen LogP contribution in [0.2, 0.25) is 10.0 Å². The molecule has 1 amide bonds. The van der Waals surface area contributed by atoms with Gasteiger partial charge in [0.15, 0.2) is 0 Å². The van der Waals surface area contributed by atoms with Crippen molar-refractivity contribution in [3.05, 3.63) is 51.9 Å². The Morgan fingerprint density at radius 2 is 2.04 bits per heavy atom. The Balaban J connectivity index is 1.54. The van der Waals surface area contributed by atoms with Crippen molar-refractivity contribution in [2.75, 3.05) is 11.9 Å². The number of amides is 1. The van der Waals surface area contributed by atoms with Crippen molar-refractivity contribution in [2.45, 2.75) is 25.3 Å². The van der Waals surface area contributed by atoms with Crippen molar-refractivity contribution < 1.29 is 4.79 Å². The van der Waals surface area contributed by atoms with Gasteiger partial charge in [-0.1, -0.05) is 29.3 Å². The average Bonchev–Trinajstić information content (AvgIpc) is 3.33. The van der Waals surface area contributed by atoms with Gasteiger partial charge in [-0.25, -0.2) is 9.97 Å². The van der Waals surface area contributed by atoms with E-state index in [0.717, 1.165) is 18.4 Å². The van der Waals surface area contributed by atoms with Crippen LogP contribution in [0.3, 0.4) is 0 Å². The third-order valence-electron chi connectivity index (χ3n) is 3.52. The molecule has 0 unspecified atom stereocenters. The van der Waals surface area contributed by atoms with Crippen LogP contribution in [0, 0.1) is 0 Å². The predicted molar refractivity (Wildman–Crippen MR) is 91.2 cm³/mol. The SMILES string of the molecule is O=C(NCCc1ccc(Cl)cc1Cl)c1cc(NC2CC2)ncn1. The molecule has 1 aromatic heterocycles. The number of hydrogen-bond donors (Lipinski definition) is 2. The minimum absolute atomic E-state index is 0.226. The van der Waals surface area contributed by atoms with Gasteiger partial charge in [0.2, 0.25) is 0 Å². The van der Waals surface area contributed by atoms with Gasteiger partial charge in [0.1, 0.15) is 17.8 Å². The quantitative estimate of drug-likeness (QED) is 0.838. The van der Waals surface area contributed by atoms with E-state index >= 15 is 0 Å². The molecule has 1 aromatic carbocycles. The first-order chi connectivity index (χ1) is 11.1. The molecule has 0 atom stereocenters. The van der Waals surface area contributed by atoms with E-state index in [4.69, 9.17) is 23.2 Å². The molecule has 0 radical (unpaired) electrons. The molecule has 0 aliphatic heterocycles. The topological polar surface area (TPSA) is 66.9 Å². The summed E-state index contributed by atoms with van der Waals surface area (Å²) in [5, 5.41) is 7.28. The van der Waals surface area contributed by atoms with Crippen LogP contribution in [0.1, 0.15) is 28.9 Å². The summed E-state index contributed by atoms with van der Waals surface area (Å²) in [5.74, 6) is 0.463. The summed E-state index contributed by atoms with van der Waals surface area (Å²) in [6.07, 6.45) is 4.32. The van der Waals surface area contributed by atoms with Gasteiger partial charge in [-0.2, -0.15) is 0 Å². The molecular weight excluding hydrogens is 335 g/mol. The highest BCUT2D eigenvalue weighted by Gasteiger charge is 2.21. The molecule has 7 heteroatoms. The first kappa shape index (κ1) is 16.0. The number of rotatable bonds is 6. The van der Waals surface area contributed by atoms with Crippen LogP contribution >= 0.6 is 23.2 Å². The molecule has 120 valence electrons. The molecule has 0 saturated heterocycles. The normalized spacial score (nSPS) is 13.7. The highest BCUT2D eigenvalue weighted by molar-refractivity contribution is 6.35. The molecule has 2 N–H and O–H groups in total. The minimum Gasteiger partial charge on any atom is -0.367 e. The second-order valence-corrected chi connectivity index (χ2v) is 6.29. The zero-order chi connectivity index (χ0) is 16.2. The Kier molecular flexibility index (Phi) is 4.98. The van der Waals surface area contributed by atoms with Crippen LogP contribution in [0.5, 0.6) is 0 Å². The van der Waals surface area contributed by atoms with E-state index < -0.39 is 0 Å². The van der Waals surface area contributed by atoms with Gasteiger partial charge in [0.05, 0.1) is 0 Å². The van der Waals surface area contributed by atoms with Crippen LogP contribution in [0.15, 0.2) is 30.6 Å². The van der Waals surface area contributed by atoms with Gasteiger partial charge in [0, 0.05) is 28.7 Å². The van der Waals surface area contributed by atoms with Crippen LogP contribution in [-0.2, 0) is 6.42 Å². The first-order valence-corrected chi connectivity index (χ1v) is 8.18. The second-order valence-electron chi connectivity index (χ2n) is 5.45. The van der Waals surface area contributed by atoms with Crippen molar-refractivity contribution in [3.8, 4) is 0 Å². The molecule has 0 bridgehead atoms. The molecule has 5 nitrogen and oxygen atoms in total. The minimum atomic E-state index is -0.226. The Morgan fingerprint density at radius 1 is 1.22 bits per heavy atom. The lowest BCUT2D eigenvalue weighted by Crippen LogP contribution is -2.26. The lowest BCUT2D eigenvalue weighted by molar-refractivity contribution is 0.0949. The van der Waals surface area contributed by atoms with Gasteiger partial charge >= 0.3 is 0 Å². The molecule has 1 aliphatic rings. The third kappa shape index (κ3) is 4.56. The lowest BCUT2D eigenvalue weighted by Gasteiger charge is -2.08. The van der Waals surface area contributed by atoms with E-state index in [1.807, 2.05) is 6.07 Å². The molecular formula is C16H16Cl2N4O. The predicted octanol–water partition coefficient (Wildman–Crippen LogP) is 3.33. The number of carbonyl (C=O) groups excluding carboxylic acids is 1. The van der Waals surface area contributed by atoms with E-state index in [2.05, 4.69) is 20.6 Å². The van der Waals surface area contributed by atoms with Crippen molar-refractivity contribution >= 4 is 34.9 Å². The smallest absolute Gasteiger partial charge is 0.270 e. The molecule has 1 saturated carbocycles. The van der Waals surface area contributed by atoms with E-state index in [0.29, 0.717) is 40.6 Å². The Morgan fingerprint density at radius 3 is 2.78 bits per heavy atom. The number of halogens is 2. The number of nitrogens with zero attached hydrogens (tertiary/aromatic N) is 2. The van der Waals surface area contributed by atoms with Crippen molar-refractivity contribution in [3.63, 3.8) is 0 Å². The van der Waals surface area contributed by atoms with Crippen LogP contribution in [0.4, 0.5) is 5.82 Å². The summed E-state index contributed by atoms with van der Waals surface area (Å²) in [4.78, 5) is 20.3. The lowest BCUT2D eigenvalue weighted by atomic mass is 10.1. The fourth-order valence-electron chi connectivity index (χ4n) is 2.12. The Bertz CT molecular complexity index is 719. The number of nitrogens with one attached hydrogen (secondary N) is 2. The summed E-state index contributed by atoms with van der Waals surface area (Å²) < 4.78 is 0. The average molecular weight is 351 g/mol. The Hall–Kier alpha value is -1.85. The van der Waals surface area contributed by atoms with E-state index in [9.17, 15) is 4.79 Å². The highest BCUT2D eigenvalue weighted by Crippen LogP contribution is 2.23. The first-order valence-electron chi connectivity index (χ1n) is 7.42. The van der Waals surface area contributed by atoms with E-state index in [1.54, 1.807) is 18.2 Å². The van der Waals surface area contributed by atoms with Gasteiger partial charge in [-0.15, -0.1) is 0 Å². The largest absolute Gasteiger partial charge is 0.367 e. The number of carbonyl (C=O) groups is 1. The van der Waals surface area contributed by atoms with Crippen LogP contribution in [-0.4, -0.2) is 28.5 Å². The Labute approximate surface area is 144 Å². The van der Waals surface area contributed by atoms with Crippen molar-refractivity contribution in [1.29, 1.82) is 0 Å². The summed E-state index contributed by atoms with van der Waals surface area (Å²) in [7, 11) is 0. The number of benzene rings is 1. The van der Waals surface area contributed by atoms with E-state index in [1.165, 1.54) is 6.33 Å². The molecule has 23 heavy (non-hydrogen) atoms. The summed E-state index contributed by atoms with van der Waals surface area (Å²) in [6, 6.07) is 7.49. The number of anilines is 1. The van der Waals surface area contributed by atoms with Crippen LogP contribution < -0.4 is 10.6 Å². The second kappa shape index (κ2) is 7.15. The third-order valence-corrected chi connectivity index (χ3v) is 4.11. The zero-order valence-electron chi connectivity index (χ0n) is 12.4. The zero-order valence-corrected chi connectivity index (χ0v) is 13.9. The van der Waals surface area contributed by atoms with Gasteiger partial charge in [0.25, 0.3) is 5.91 Å². The van der Waals surface area contributed by atoms with Gasteiger partial charge in [-0.05, 0) is 37.0 Å². The summed E-state index contributed by atoms with van der Waals surface area (Å²) in [5.41, 5.74) is 1.29. The van der Waals surface area contributed by atoms with Gasteiger partial charge in [-0.3, -0.25) is 4.79 Å². The number of hydrogen-bond acceptors (Lipinski definition) is 4. The fraction of sp³-hybridized carbons (Fsp3) is 0.312. The molecule has 1 heterocycles. The van der Waals surface area contributed by atoms with E-state index in [-0.39, 0.29) is 5.91 Å². The molecule has 2 aromatic rings. The number of aromatic nitrogens is 2. The summed E-state index contributed by atoms with van der Waals surface area (Å²) >= 11 is 12.0. The molecule has 3 rings (SSSR count). The maximum Gasteiger partial charge on any atom is 0.270 e. The summed E-state index contributed by atoms with van der Waals surface area (Å²) in [6.45, 7) is 0.468. The standard InChI is InChI=1S/C16H16Cl2N4O/c17-11-2-1-10(13(18)7-11)5-6-19-16(23)14-8-15(21-9-20-14)22-12-3-4-12/h1-2,7-9,12H,3-6H2,(H,19,23)(H,20,21,22). The molecule has 1 aliphatic carbocycles. The molecule has 1 fully saturated rings. The molecule has 0 spiro atoms. The highest BCUT2D eigenvalue weighted by atomic mass is 35.5. The fourth-order valence-corrected chi connectivity index (χ4v) is 2.63. The maximum atomic E-state index is 12.1. The monoisotopic (exact) mass is 350 g/mol. The van der Waals surface area contributed by atoms with Crippen molar-refractivity contribution in [2.24, 2.45) is 0 Å². The maximum absolute atomic E-state index is 12.1.